The molecule has 2 N–H and O–H groups in total. The molecule has 78 valence electrons. The second-order valence-electron chi connectivity index (χ2n) is 4.14. The van der Waals surface area contributed by atoms with E-state index in [0.29, 0.717) is 0 Å². The summed E-state index contributed by atoms with van der Waals surface area (Å²) in [5.41, 5.74) is 6.80. The van der Waals surface area contributed by atoms with E-state index in [1.807, 2.05) is 0 Å². The summed E-state index contributed by atoms with van der Waals surface area (Å²) in [4.78, 5) is 4.47. The molecule has 1 saturated carbocycles. The van der Waals surface area contributed by atoms with Gasteiger partial charge in [0.15, 0.2) is 0 Å². The van der Waals surface area contributed by atoms with Gasteiger partial charge in [-0.05, 0) is 37.5 Å². The first-order valence-corrected chi connectivity index (χ1v) is 5.84. The van der Waals surface area contributed by atoms with Crippen LogP contribution in [0.4, 0.5) is 4.39 Å². The van der Waals surface area contributed by atoms with Crippen LogP contribution in [0.5, 0.6) is 0 Å². The zero-order chi connectivity index (χ0) is 10.5. The van der Waals surface area contributed by atoms with E-state index in [1.54, 1.807) is 6.07 Å². The van der Waals surface area contributed by atoms with Crippen LogP contribution in [-0.2, 0) is 5.54 Å². The lowest BCUT2D eigenvalue weighted by Crippen LogP contribution is -2.43. The molecule has 0 amide bonds. The van der Waals surface area contributed by atoms with E-state index < -0.39 is 0 Å². The van der Waals surface area contributed by atoms with Crippen molar-refractivity contribution in [3.8, 4) is 0 Å². The molecule has 0 unspecified atom stereocenters. The predicted octanol–water partition coefficient (Wildman–Crippen LogP) is 2.77. The smallest absolute Gasteiger partial charge is 0.124 e. The first kappa shape index (κ1) is 9.24. The molecule has 0 atom stereocenters. The van der Waals surface area contributed by atoms with E-state index in [9.17, 15) is 4.39 Å². The third-order valence-corrected chi connectivity index (χ3v) is 4.26. The Bertz CT molecular complexity index is 516. The van der Waals surface area contributed by atoms with E-state index in [4.69, 9.17) is 5.73 Å². The van der Waals surface area contributed by atoms with E-state index in [-0.39, 0.29) is 11.4 Å². The Balaban J connectivity index is 2.14. The lowest BCUT2D eigenvalue weighted by molar-refractivity contribution is 0.253. The van der Waals surface area contributed by atoms with Gasteiger partial charge in [-0.3, -0.25) is 0 Å². The summed E-state index contributed by atoms with van der Waals surface area (Å²) in [6.07, 6.45) is 3.16. The zero-order valence-electron chi connectivity index (χ0n) is 8.16. The van der Waals surface area contributed by atoms with Crippen molar-refractivity contribution in [2.45, 2.75) is 24.8 Å². The van der Waals surface area contributed by atoms with Crippen molar-refractivity contribution in [1.29, 1.82) is 0 Å². The summed E-state index contributed by atoms with van der Waals surface area (Å²) in [6, 6.07) is 4.68. The van der Waals surface area contributed by atoms with E-state index in [1.165, 1.54) is 29.9 Å². The number of thiazole rings is 1. The Morgan fingerprint density at radius 3 is 2.87 bits per heavy atom. The summed E-state index contributed by atoms with van der Waals surface area (Å²) in [6.45, 7) is 0. The Morgan fingerprint density at radius 2 is 2.20 bits per heavy atom. The molecule has 1 aromatic heterocycles. The maximum Gasteiger partial charge on any atom is 0.124 e. The topological polar surface area (TPSA) is 38.9 Å². The number of halogens is 1. The highest BCUT2D eigenvalue weighted by Crippen LogP contribution is 2.41. The lowest BCUT2D eigenvalue weighted by Gasteiger charge is -2.35. The fourth-order valence-electron chi connectivity index (χ4n) is 1.88. The number of benzene rings is 1. The molecule has 0 bridgehead atoms. The maximum absolute atomic E-state index is 13.0. The molecule has 0 radical (unpaired) electrons. The second kappa shape index (κ2) is 3.00. The van der Waals surface area contributed by atoms with Crippen LogP contribution in [0.2, 0.25) is 0 Å². The van der Waals surface area contributed by atoms with Gasteiger partial charge in [0.25, 0.3) is 0 Å². The highest BCUT2D eigenvalue weighted by atomic mass is 32.1. The summed E-state index contributed by atoms with van der Waals surface area (Å²) in [5, 5.41) is 0.953. The van der Waals surface area contributed by atoms with Gasteiger partial charge in [0.1, 0.15) is 10.8 Å². The van der Waals surface area contributed by atoms with Gasteiger partial charge in [-0.15, -0.1) is 11.3 Å². The lowest BCUT2D eigenvalue weighted by atomic mass is 9.78. The molecule has 1 heterocycles. The second-order valence-corrected chi connectivity index (χ2v) is 5.17. The molecule has 1 aromatic carbocycles. The van der Waals surface area contributed by atoms with E-state index in [0.717, 1.165) is 28.1 Å². The molecule has 0 spiro atoms. The van der Waals surface area contributed by atoms with Gasteiger partial charge >= 0.3 is 0 Å². The maximum atomic E-state index is 13.0. The van der Waals surface area contributed by atoms with E-state index in [2.05, 4.69) is 4.98 Å². The van der Waals surface area contributed by atoms with Crippen molar-refractivity contribution < 1.29 is 4.39 Å². The first-order valence-electron chi connectivity index (χ1n) is 5.03. The summed E-state index contributed by atoms with van der Waals surface area (Å²) < 4.78 is 13.9. The van der Waals surface area contributed by atoms with Crippen molar-refractivity contribution in [2.24, 2.45) is 5.73 Å². The minimum atomic E-state index is -0.236. The van der Waals surface area contributed by atoms with Crippen molar-refractivity contribution in [3.63, 3.8) is 0 Å². The molecule has 3 rings (SSSR count). The summed E-state index contributed by atoms with van der Waals surface area (Å²) in [7, 11) is 0. The van der Waals surface area contributed by atoms with Gasteiger partial charge in [0.2, 0.25) is 0 Å². The van der Waals surface area contributed by atoms with Crippen LogP contribution in [0.1, 0.15) is 24.3 Å². The van der Waals surface area contributed by atoms with Crippen molar-refractivity contribution in [1.82, 2.24) is 4.98 Å². The van der Waals surface area contributed by atoms with Crippen molar-refractivity contribution in [2.75, 3.05) is 0 Å². The highest BCUT2D eigenvalue weighted by molar-refractivity contribution is 7.18. The molecular formula is C11H11FN2S. The number of rotatable bonds is 1. The molecule has 4 heteroatoms. The average molecular weight is 222 g/mol. The predicted molar refractivity (Wildman–Crippen MR) is 59.3 cm³/mol. The Kier molecular flexibility index (Phi) is 1.85. The third-order valence-electron chi connectivity index (χ3n) is 3.02. The van der Waals surface area contributed by atoms with Gasteiger partial charge in [-0.1, -0.05) is 0 Å². The summed E-state index contributed by atoms with van der Waals surface area (Å²) in [5.74, 6) is -0.211. The van der Waals surface area contributed by atoms with E-state index >= 15 is 0 Å². The number of hydrogen-bond acceptors (Lipinski definition) is 3. The molecular weight excluding hydrogens is 211 g/mol. The Hall–Kier alpha value is -1.000. The van der Waals surface area contributed by atoms with Crippen LogP contribution in [0, 0.1) is 5.82 Å². The van der Waals surface area contributed by atoms with Gasteiger partial charge in [-0.2, -0.15) is 0 Å². The number of hydrogen-bond donors (Lipinski definition) is 1. The third kappa shape index (κ3) is 1.36. The number of nitrogens with zero attached hydrogens (tertiary/aromatic N) is 1. The van der Waals surface area contributed by atoms with Gasteiger partial charge in [-0.25, -0.2) is 9.37 Å². The number of fused-ring (bicyclic) bond motifs is 1. The van der Waals surface area contributed by atoms with Crippen LogP contribution in [0.15, 0.2) is 18.2 Å². The first-order chi connectivity index (χ1) is 7.17. The minimum Gasteiger partial charge on any atom is -0.319 e. The van der Waals surface area contributed by atoms with Gasteiger partial charge in [0, 0.05) is 0 Å². The van der Waals surface area contributed by atoms with Crippen LogP contribution in [-0.4, -0.2) is 4.98 Å². The average Bonchev–Trinajstić information content (AvgIpc) is 2.57. The van der Waals surface area contributed by atoms with Crippen LogP contribution < -0.4 is 5.73 Å². The normalized spacial score (nSPS) is 19.1. The minimum absolute atomic E-state index is 0.211. The zero-order valence-corrected chi connectivity index (χ0v) is 8.98. The molecule has 2 nitrogen and oxygen atoms in total. The molecule has 1 aliphatic rings. The van der Waals surface area contributed by atoms with Crippen LogP contribution in [0.3, 0.4) is 0 Å². The standard InChI is InChI=1S/C11H11FN2S/c12-7-2-3-8-9(6-7)15-10(14-8)11(13)4-1-5-11/h2-3,6H,1,4-5,13H2. The van der Waals surface area contributed by atoms with Crippen molar-refractivity contribution in [3.05, 3.63) is 29.0 Å². The molecule has 1 aliphatic carbocycles. The largest absolute Gasteiger partial charge is 0.319 e. The highest BCUT2D eigenvalue weighted by Gasteiger charge is 2.37. The fourth-order valence-corrected chi connectivity index (χ4v) is 3.03. The fraction of sp³-hybridized carbons (Fsp3) is 0.364. The number of nitrogens with two attached hydrogens (primary N) is 1. The SMILES string of the molecule is NC1(c2nc3ccc(F)cc3s2)CCC1. The molecule has 0 saturated heterocycles. The molecule has 0 aliphatic heterocycles. The Labute approximate surface area is 90.9 Å². The number of aromatic nitrogens is 1. The summed E-state index contributed by atoms with van der Waals surface area (Å²) >= 11 is 1.52. The molecule has 2 aromatic rings. The quantitative estimate of drug-likeness (QED) is 0.805. The van der Waals surface area contributed by atoms with Gasteiger partial charge in [0.05, 0.1) is 15.8 Å². The van der Waals surface area contributed by atoms with Crippen LogP contribution >= 0.6 is 11.3 Å². The van der Waals surface area contributed by atoms with Crippen molar-refractivity contribution >= 4 is 21.6 Å². The monoisotopic (exact) mass is 222 g/mol. The molecule has 15 heavy (non-hydrogen) atoms. The Morgan fingerprint density at radius 1 is 1.40 bits per heavy atom. The van der Waals surface area contributed by atoms with Gasteiger partial charge < -0.3 is 5.73 Å². The molecule has 1 fully saturated rings. The van der Waals surface area contributed by atoms with Crippen LogP contribution in [0.25, 0.3) is 10.2 Å².